The number of likely N-dealkylation sites (tertiary alicyclic amines) is 1. The van der Waals surface area contributed by atoms with Crippen LogP contribution in [0.5, 0.6) is 0 Å². The lowest BCUT2D eigenvalue weighted by Gasteiger charge is -2.26. The summed E-state index contributed by atoms with van der Waals surface area (Å²) in [5.74, 6) is -1.00. The zero-order valence-electron chi connectivity index (χ0n) is 14.0. The molecule has 128 valence electrons. The number of pyridine rings is 1. The fraction of sp³-hybridized carbons (Fsp3) is 0.316. The van der Waals surface area contributed by atoms with Crippen LogP contribution in [0.15, 0.2) is 24.4 Å². The topological polar surface area (TPSA) is 86.3 Å². The average Bonchev–Trinajstić information content (AvgIpc) is 3.00. The largest absolute Gasteiger partial charge is 0.477 e. The van der Waals surface area contributed by atoms with E-state index in [4.69, 9.17) is 0 Å². The maximum Gasteiger partial charge on any atom is 0.354 e. The minimum absolute atomic E-state index is 0.0427. The molecule has 2 N–H and O–H groups in total. The molecule has 3 aromatic rings. The van der Waals surface area contributed by atoms with Gasteiger partial charge < -0.3 is 15.0 Å². The number of piperidine rings is 1. The first-order valence-electron chi connectivity index (χ1n) is 8.50. The predicted octanol–water partition coefficient (Wildman–Crippen LogP) is 3.35. The highest BCUT2D eigenvalue weighted by Gasteiger charge is 2.20. The van der Waals surface area contributed by atoms with Crippen LogP contribution >= 0.6 is 0 Å². The number of aromatic amines is 1. The molecule has 0 aliphatic carbocycles. The number of hydrogen-bond acceptors (Lipinski definition) is 3. The molecular formula is C19H19N3O3. The molecule has 2 aromatic heterocycles. The third-order valence-corrected chi connectivity index (χ3v) is 4.97. The summed E-state index contributed by atoms with van der Waals surface area (Å²) in [6.45, 7) is 3.36. The number of benzene rings is 1. The van der Waals surface area contributed by atoms with E-state index >= 15 is 0 Å². The van der Waals surface area contributed by atoms with Gasteiger partial charge in [-0.15, -0.1) is 0 Å². The van der Waals surface area contributed by atoms with Crippen molar-refractivity contribution in [2.24, 2.45) is 0 Å². The van der Waals surface area contributed by atoms with E-state index in [1.807, 2.05) is 23.1 Å². The van der Waals surface area contributed by atoms with Crippen molar-refractivity contribution in [1.82, 2.24) is 14.9 Å². The summed E-state index contributed by atoms with van der Waals surface area (Å²) in [4.78, 5) is 33.3. The lowest BCUT2D eigenvalue weighted by atomic mass is 10.0. The van der Waals surface area contributed by atoms with Gasteiger partial charge in [0.05, 0.1) is 11.7 Å². The lowest BCUT2D eigenvalue weighted by molar-refractivity contribution is 0.0687. The Labute approximate surface area is 144 Å². The third kappa shape index (κ3) is 2.54. The molecule has 0 radical (unpaired) electrons. The van der Waals surface area contributed by atoms with E-state index in [0.717, 1.165) is 47.7 Å². The lowest BCUT2D eigenvalue weighted by Crippen LogP contribution is -2.35. The number of carboxylic acids is 1. The maximum absolute atomic E-state index is 12.8. The van der Waals surface area contributed by atoms with Crippen LogP contribution in [0, 0.1) is 6.92 Å². The SMILES string of the molecule is Cc1c(C(=O)O)ncc2[nH]c3ccc(C(=O)N4CCCCC4)cc3c12. The van der Waals surface area contributed by atoms with Crippen molar-refractivity contribution in [3.8, 4) is 0 Å². The van der Waals surface area contributed by atoms with Gasteiger partial charge in [-0.05, 0) is 49.9 Å². The van der Waals surface area contributed by atoms with Crippen LogP contribution in [0.2, 0.25) is 0 Å². The van der Waals surface area contributed by atoms with Gasteiger partial charge in [-0.2, -0.15) is 0 Å². The maximum atomic E-state index is 12.8. The number of nitrogens with zero attached hydrogens (tertiary/aromatic N) is 2. The summed E-state index contributed by atoms with van der Waals surface area (Å²) in [5, 5.41) is 11.0. The first-order valence-corrected chi connectivity index (χ1v) is 8.50. The highest BCUT2D eigenvalue weighted by atomic mass is 16.4. The Kier molecular flexibility index (Phi) is 3.67. The van der Waals surface area contributed by atoms with E-state index in [9.17, 15) is 14.7 Å². The van der Waals surface area contributed by atoms with Crippen LogP contribution in [-0.2, 0) is 0 Å². The quantitative estimate of drug-likeness (QED) is 0.751. The Bertz CT molecular complexity index is 1000. The second-order valence-corrected chi connectivity index (χ2v) is 6.56. The summed E-state index contributed by atoms with van der Waals surface area (Å²) >= 11 is 0. The molecule has 3 heterocycles. The van der Waals surface area contributed by atoms with Gasteiger partial charge in [0.2, 0.25) is 0 Å². The van der Waals surface area contributed by atoms with Gasteiger partial charge in [-0.1, -0.05) is 0 Å². The number of amides is 1. The fourth-order valence-electron chi connectivity index (χ4n) is 3.69. The van der Waals surface area contributed by atoms with E-state index in [1.54, 1.807) is 6.92 Å². The second kappa shape index (κ2) is 5.88. The van der Waals surface area contributed by atoms with Gasteiger partial charge in [-0.25, -0.2) is 9.78 Å². The van der Waals surface area contributed by atoms with E-state index in [2.05, 4.69) is 9.97 Å². The molecule has 1 saturated heterocycles. The number of carbonyl (C=O) groups excluding carboxylic acids is 1. The molecule has 1 aliphatic rings. The molecule has 6 heteroatoms. The highest BCUT2D eigenvalue weighted by molar-refractivity contribution is 6.12. The Hall–Kier alpha value is -2.89. The standard InChI is InChI=1S/C19H19N3O3/c1-11-16-13-9-12(18(23)22-7-3-2-4-8-22)5-6-14(13)21-15(16)10-20-17(11)19(24)25/h5-6,9-10,21H,2-4,7-8H2,1H3,(H,24,25). The van der Waals surface area contributed by atoms with Crippen LogP contribution in [-0.4, -0.2) is 44.9 Å². The van der Waals surface area contributed by atoms with Crippen LogP contribution in [0.4, 0.5) is 0 Å². The number of aryl methyl sites for hydroxylation is 1. The molecular weight excluding hydrogens is 318 g/mol. The van der Waals surface area contributed by atoms with Gasteiger partial charge in [0.1, 0.15) is 0 Å². The molecule has 1 aliphatic heterocycles. The van der Waals surface area contributed by atoms with Gasteiger partial charge in [0.15, 0.2) is 5.69 Å². The summed E-state index contributed by atoms with van der Waals surface area (Å²) in [6.07, 6.45) is 4.81. The number of hydrogen-bond donors (Lipinski definition) is 2. The monoisotopic (exact) mass is 337 g/mol. The Morgan fingerprint density at radius 2 is 1.92 bits per heavy atom. The van der Waals surface area contributed by atoms with E-state index in [-0.39, 0.29) is 11.6 Å². The van der Waals surface area contributed by atoms with E-state index in [1.165, 1.54) is 12.6 Å². The molecule has 1 amide bonds. The van der Waals surface area contributed by atoms with Gasteiger partial charge in [-0.3, -0.25) is 4.79 Å². The van der Waals surface area contributed by atoms with Crippen molar-refractivity contribution < 1.29 is 14.7 Å². The minimum atomic E-state index is -1.05. The summed E-state index contributed by atoms with van der Waals surface area (Å²) in [6, 6.07) is 5.58. The zero-order valence-corrected chi connectivity index (χ0v) is 14.0. The van der Waals surface area contributed by atoms with Crippen molar-refractivity contribution in [1.29, 1.82) is 0 Å². The molecule has 1 aromatic carbocycles. The molecule has 0 bridgehead atoms. The number of aromatic carboxylic acids is 1. The smallest absolute Gasteiger partial charge is 0.354 e. The normalized spacial score (nSPS) is 15.0. The fourth-order valence-corrected chi connectivity index (χ4v) is 3.69. The number of aromatic nitrogens is 2. The number of carbonyl (C=O) groups is 2. The highest BCUT2D eigenvalue weighted by Crippen LogP contribution is 2.30. The first-order chi connectivity index (χ1) is 12.1. The van der Waals surface area contributed by atoms with Gasteiger partial charge in [0, 0.05) is 34.9 Å². The van der Waals surface area contributed by atoms with Gasteiger partial charge >= 0.3 is 5.97 Å². The summed E-state index contributed by atoms with van der Waals surface area (Å²) < 4.78 is 0. The zero-order chi connectivity index (χ0) is 17.6. The number of H-pyrrole nitrogens is 1. The van der Waals surface area contributed by atoms with Crippen molar-refractivity contribution in [3.05, 3.63) is 41.2 Å². The van der Waals surface area contributed by atoms with Crippen molar-refractivity contribution in [3.63, 3.8) is 0 Å². The third-order valence-electron chi connectivity index (χ3n) is 4.97. The number of rotatable bonds is 2. The Morgan fingerprint density at radius 3 is 2.64 bits per heavy atom. The summed E-state index contributed by atoms with van der Waals surface area (Å²) in [7, 11) is 0. The molecule has 1 fully saturated rings. The van der Waals surface area contributed by atoms with Crippen LogP contribution in [0.1, 0.15) is 45.7 Å². The molecule has 0 atom stereocenters. The van der Waals surface area contributed by atoms with Crippen molar-refractivity contribution in [2.75, 3.05) is 13.1 Å². The molecule has 25 heavy (non-hydrogen) atoms. The summed E-state index contributed by atoms with van der Waals surface area (Å²) in [5.41, 5.74) is 2.95. The predicted molar refractivity (Wildman–Crippen MR) is 95.1 cm³/mol. The van der Waals surface area contributed by atoms with Gasteiger partial charge in [0.25, 0.3) is 5.91 Å². The first kappa shape index (κ1) is 15.6. The number of fused-ring (bicyclic) bond motifs is 3. The Balaban J connectivity index is 1.86. The molecule has 0 saturated carbocycles. The average molecular weight is 337 g/mol. The van der Waals surface area contributed by atoms with Crippen LogP contribution in [0.25, 0.3) is 21.8 Å². The van der Waals surface area contributed by atoms with E-state index in [0.29, 0.717) is 11.1 Å². The molecule has 4 rings (SSSR count). The second-order valence-electron chi connectivity index (χ2n) is 6.56. The van der Waals surface area contributed by atoms with Crippen molar-refractivity contribution >= 4 is 33.7 Å². The number of nitrogens with one attached hydrogen (secondary N) is 1. The number of carboxylic acid groups (broad SMARTS) is 1. The molecule has 6 nitrogen and oxygen atoms in total. The molecule has 0 unspecified atom stereocenters. The van der Waals surface area contributed by atoms with Crippen LogP contribution < -0.4 is 0 Å². The Morgan fingerprint density at radius 1 is 1.16 bits per heavy atom. The minimum Gasteiger partial charge on any atom is -0.477 e. The van der Waals surface area contributed by atoms with Crippen LogP contribution in [0.3, 0.4) is 0 Å². The molecule has 0 spiro atoms. The van der Waals surface area contributed by atoms with E-state index < -0.39 is 5.97 Å². The van der Waals surface area contributed by atoms with Crippen molar-refractivity contribution in [2.45, 2.75) is 26.2 Å².